The molecule has 33 heavy (non-hydrogen) atoms. The number of hydrogen-bond donors (Lipinski definition) is 0. The van der Waals surface area contributed by atoms with Gasteiger partial charge in [0.15, 0.2) is 0 Å². The third-order valence-corrected chi connectivity index (χ3v) is 5.65. The van der Waals surface area contributed by atoms with Gasteiger partial charge in [0.05, 0.1) is 13.2 Å². The van der Waals surface area contributed by atoms with Crippen LogP contribution in [0.1, 0.15) is 33.4 Å². The van der Waals surface area contributed by atoms with Gasteiger partial charge < -0.3 is 4.74 Å². The van der Waals surface area contributed by atoms with Crippen LogP contribution < -0.4 is 0 Å². The molecular formula is C32H30O. The van der Waals surface area contributed by atoms with Crippen molar-refractivity contribution < 1.29 is 4.74 Å². The van der Waals surface area contributed by atoms with E-state index in [4.69, 9.17) is 4.74 Å². The molecule has 1 heteroatoms. The Kier molecular flexibility index (Phi) is 8.45. The van der Waals surface area contributed by atoms with Gasteiger partial charge in [-0.3, -0.25) is 0 Å². The summed E-state index contributed by atoms with van der Waals surface area (Å²) >= 11 is 0. The van der Waals surface area contributed by atoms with Crippen LogP contribution in [0.4, 0.5) is 0 Å². The first kappa shape index (κ1) is 22.5. The maximum Gasteiger partial charge on any atom is 0.0724 e. The van der Waals surface area contributed by atoms with Gasteiger partial charge in [-0.15, -0.1) is 0 Å². The predicted molar refractivity (Wildman–Crippen MR) is 140 cm³/mol. The Morgan fingerprint density at radius 1 is 0.424 bits per heavy atom. The summed E-state index contributed by atoms with van der Waals surface area (Å²) in [4.78, 5) is 0. The summed E-state index contributed by atoms with van der Waals surface area (Å²) in [6.07, 6.45) is 10.6. The summed E-state index contributed by atoms with van der Waals surface area (Å²) in [5.74, 6) is 0. The van der Waals surface area contributed by atoms with Gasteiger partial charge >= 0.3 is 0 Å². The van der Waals surface area contributed by atoms with Crippen molar-refractivity contribution in [1.82, 2.24) is 0 Å². The summed E-state index contributed by atoms with van der Waals surface area (Å²) < 4.78 is 6.17. The zero-order chi connectivity index (χ0) is 22.6. The molecule has 4 aromatic carbocycles. The molecule has 0 radical (unpaired) electrons. The van der Waals surface area contributed by atoms with Crippen LogP contribution in [0, 0.1) is 0 Å². The Hall–Kier alpha value is -3.68. The third kappa shape index (κ3) is 7.17. The minimum atomic E-state index is 0.615. The van der Waals surface area contributed by atoms with E-state index in [0.717, 1.165) is 12.8 Å². The van der Waals surface area contributed by atoms with Crippen LogP contribution in [0.5, 0.6) is 0 Å². The Balaban J connectivity index is 1.33. The van der Waals surface area contributed by atoms with E-state index in [9.17, 15) is 0 Å². The Morgan fingerprint density at radius 3 is 1.21 bits per heavy atom. The number of rotatable bonds is 10. The Bertz CT molecular complexity index is 1080. The SMILES string of the molecule is C(=C\c1ccccc1)/Cc1ccccc1COCc1ccccc1C/C=C/c1ccccc1. The lowest BCUT2D eigenvalue weighted by atomic mass is 10.0. The fourth-order valence-corrected chi connectivity index (χ4v) is 3.84. The van der Waals surface area contributed by atoms with Crippen molar-refractivity contribution in [2.75, 3.05) is 0 Å². The van der Waals surface area contributed by atoms with Crippen molar-refractivity contribution in [1.29, 1.82) is 0 Å². The van der Waals surface area contributed by atoms with Crippen molar-refractivity contribution in [2.45, 2.75) is 26.1 Å². The molecule has 0 bridgehead atoms. The molecule has 0 unspecified atom stereocenters. The molecule has 0 spiro atoms. The molecule has 1 nitrogen and oxygen atoms in total. The maximum absolute atomic E-state index is 6.17. The zero-order valence-electron chi connectivity index (χ0n) is 18.9. The van der Waals surface area contributed by atoms with E-state index in [1.54, 1.807) is 0 Å². The van der Waals surface area contributed by atoms with Crippen molar-refractivity contribution in [3.63, 3.8) is 0 Å². The number of hydrogen-bond acceptors (Lipinski definition) is 1. The second-order valence-electron chi connectivity index (χ2n) is 8.06. The fraction of sp³-hybridized carbons (Fsp3) is 0.125. The van der Waals surface area contributed by atoms with Crippen molar-refractivity contribution in [3.05, 3.63) is 155 Å². The number of ether oxygens (including phenoxy) is 1. The highest BCUT2D eigenvalue weighted by Crippen LogP contribution is 2.16. The first-order valence-corrected chi connectivity index (χ1v) is 11.5. The van der Waals surface area contributed by atoms with Gasteiger partial charge in [-0.25, -0.2) is 0 Å². The molecule has 0 N–H and O–H groups in total. The van der Waals surface area contributed by atoms with E-state index in [1.165, 1.54) is 33.4 Å². The highest BCUT2D eigenvalue weighted by molar-refractivity contribution is 5.50. The molecule has 0 fully saturated rings. The summed E-state index contributed by atoms with van der Waals surface area (Å²) in [5.41, 5.74) is 7.56. The van der Waals surface area contributed by atoms with Crippen LogP contribution in [0.25, 0.3) is 12.2 Å². The summed E-state index contributed by atoms with van der Waals surface area (Å²) in [7, 11) is 0. The average Bonchev–Trinajstić information content (AvgIpc) is 2.87. The van der Waals surface area contributed by atoms with Gasteiger partial charge in [0.2, 0.25) is 0 Å². The quantitative estimate of drug-likeness (QED) is 0.248. The van der Waals surface area contributed by atoms with E-state index in [-0.39, 0.29) is 0 Å². The molecule has 0 amide bonds. The van der Waals surface area contributed by atoms with Gasteiger partial charge in [0, 0.05) is 0 Å². The molecular weight excluding hydrogens is 400 g/mol. The lowest BCUT2D eigenvalue weighted by molar-refractivity contribution is 0.106. The second kappa shape index (κ2) is 12.4. The summed E-state index contributed by atoms with van der Waals surface area (Å²) in [5, 5.41) is 0. The minimum absolute atomic E-state index is 0.615. The normalized spacial score (nSPS) is 11.4. The van der Waals surface area contributed by atoms with Gasteiger partial charge in [-0.2, -0.15) is 0 Å². The lowest BCUT2D eigenvalue weighted by Crippen LogP contribution is -2.00. The molecule has 4 aromatic rings. The predicted octanol–water partition coefficient (Wildman–Crippen LogP) is 7.92. The Morgan fingerprint density at radius 2 is 0.788 bits per heavy atom. The van der Waals surface area contributed by atoms with Crippen LogP contribution in [0.15, 0.2) is 121 Å². The zero-order valence-corrected chi connectivity index (χ0v) is 18.9. The van der Waals surface area contributed by atoms with Crippen molar-refractivity contribution in [3.8, 4) is 0 Å². The monoisotopic (exact) mass is 430 g/mol. The molecule has 0 heterocycles. The second-order valence-corrected chi connectivity index (χ2v) is 8.06. The van der Waals surface area contributed by atoms with Crippen LogP contribution >= 0.6 is 0 Å². The van der Waals surface area contributed by atoms with Crippen LogP contribution in [-0.2, 0) is 30.8 Å². The molecule has 0 aromatic heterocycles. The summed E-state index contributed by atoms with van der Waals surface area (Å²) in [6.45, 7) is 1.23. The summed E-state index contributed by atoms with van der Waals surface area (Å²) in [6, 6.07) is 37.9. The molecule has 0 aliphatic carbocycles. The van der Waals surface area contributed by atoms with Crippen molar-refractivity contribution >= 4 is 12.2 Å². The third-order valence-electron chi connectivity index (χ3n) is 5.65. The lowest BCUT2D eigenvalue weighted by Gasteiger charge is -2.11. The molecule has 0 aliphatic heterocycles. The Labute approximate surface area is 197 Å². The first-order chi connectivity index (χ1) is 16.4. The van der Waals surface area contributed by atoms with Crippen LogP contribution in [-0.4, -0.2) is 0 Å². The van der Waals surface area contributed by atoms with E-state index >= 15 is 0 Å². The number of allylic oxidation sites excluding steroid dienone is 2. The molecule has 4 rings (SSSR count). The van der Waals surface area contributed by atoms with Crippen molar-refractivity contribution in [2.24, 2.45) is 0 Å². The van der Waals surface area contributed by atoms with E-state index < -0.39 is 0 Å². The van der Waals surface area contributed by atoms with Gasteiger partial charge in [0.1, 0.15) is 0 Å². The molecule has 0 atom stereocenters. The fourth-order valence-electron chi connectivity index (χ4n) is 3.84. The average molecular weight is 431 g/mol. The molecule has 0 saturated carbocycles. The van der Waals surface area contributed by atoms with E-state index in [2.05, 4.69) is 121 Å². The van der Waals surface area contributed by atoms with Crippen LogP contribution in [0.3, 0.4) is 0 Å². The number of benzene rings is 4. The molecule has 0 aliphatic rings. The van der Waals surface area contributed by atoms with Gasteiger partial charge in [0.25, 0.3) is 0 Å². The molecule has 0 saturated heterocycles. The highest BCUT2D eigenvalue weighted by Gasteiger charge is 2.04. The maximum atomic E-state index is 6.17. The molecule has 164 valence electrons. The minimum Gasteiger partial charge on any atom is -0.372 e. The van der Waals surface area contributed by atoms with E-state index in [0.29, 0.717) is 13.2 Å². The largest absolute Gasteiger partial charge is 0.372 e. The van der Waals surface area contributed by atoms with Crippen LogP contribution in [0.2, 0.25) is 0 Å². The van der Waals surface area contributed by atoms with Gasteiger partial charge in [-0.05, 0) is 46.2 Å². The van der Waals surface area contributed by atoms with Gasteiger partial charge in [-0.1, -0.05) is 133 Å². The first-order valence-electron chi connectivity index (χ1n) is 11.5. The smallest absolute Gasteiger partial charge is 0.0724 e. The standard InChI is InChI=1S/C32H30O/c1-3-13-27(14-4-1)17-11-23-29-19-7-9-21-31(29)25-33-26-32-22-10-8-20-30(32)24-12-18-28-15-5-2-6-16-28/h1-22H,23-26H2/b17-11+,18-12+. The van der Waals surface area contributed by atoms with E-state index in [1.807, 2.05) is 12.1 Å². The topological polar surface area (TPSA) is 9.23 Å². The highest BCUT2D eigenvalue weighted by atomic mass is 16.5.